The predicted octanol–water partition coefficient (Wildman–Crippen LogP) is 1.94. The van der Waals surface area contributed by atoms with Gasteiger partial charge in [-0.15, -0.1) is 0 Å². The van der Waals surface area contributed by atoms with Crippen LogP contribution >= 0.6 is 0 Å². The van der Waals surface area contributed by atoms with E-state index >= 15 is 0 Å². The van der Waals surface area contributed by atoms with Crippen molar-refractivity contribution in [3.8, 4) is 0 Å². The summed E-state index contributed by atoms with van der Waals surface area (Å²) in [6, 6.07) is 6.87. The van der Waals surface area contributed by atoms with Crippen molar-refractivity contribution in [2.75, 3.05) is 19.8 Å². The third-order valence-corrected chi connectivity index (χ3v) is 5.48. The lowest BCUT2D eigenvalue weighted by Gasteiger charge is -2.40. The highest BCUT2D eigenvalue weighted by Gasteiger charge is 2.37. The van der Waals surface area contributed by atoms with Gasteiger partial charge in [-0.05, 0) is 30.5 Å². The predicted molar refractivity (Wildman–Crippen MR) is 89.1 cm³/mol. The molecule has 5 heteroatoms. The quantitative estimate of drug-likeness (QED) is 0.940. The highest BCUT2D eigenvalue weighted by atomic mass is 16.5. The van der Waals surface area contributed by atoms with E-state index < -0.39 is 0 Å². The Morgan fingerprint density at radius 1 is 1.35 bits per heavy atom. The Balaban J connectivity index is 1.54. The summed E-state index contributed by atoms with van der Waals surface area (Å²) in [7, 11) is 2.02. The minimum Gasteiger partial charge on any atom is -0.393 e. The van der Waals surface area contributed by atoms with E-state index in [-0.39, 0.29) is 6.10 Å². The van der Waals surface area contributed by atoms with E-state index in [1.165, 1.54) is 11.1 Å². The normalized spacial score (nSPS) is 29.4. The Morgan fingerprint density at radius 2 is 2.26 bits per heavy atom. The zero-order valence-corrected chi connectivity index (χ0v) is 13.7. The molecule has 2 aromatic rings. The van der Waals surface area contributed by atoms with Crippen molar-refractivity contribution in [1.29, 1.82) is 0 Å². The molecule has 1 aromatic carbocycles. The molecule has 1 N–H and O–H groups in total. The molecular weight excluding hydrogens is 290 g/mol. The fourth-order valence-electron chi connectivity index (χ4n) is 4.18. The number of fused-ring (bicyclic) bond motifs is 1. The van der Waals surface area contributed by atoms with Gasteiger partial charge in [0.1, 0.15) is 0 Å². The van der Waals surface area contributed by atoms with E-state index in [1.54, 1.807) is 0 Å². The molecule has 1 saturated heterocycles. The molecule has 2 heterocycles. The van der Waals surface area contributed by atoms with E-state index in [9.17, 15) is 5.11 Å². The first-order chi connectivity index (χ1) is 11.2. The van der Waals surface area contributed by atoms with Gasteiger partial charge in [0.25, 0.3) is 0 Å². The smallest absolute Gasteiger partial charge is 0.0955 e. The van der Waals surface area contributed by atoms with Crippen LogP contribution in [0.2, 0.25) is 0 Å². The first-order valence-corrected chi connectivity index (χ1v) is 8.62. The van der Waals surface area contributed by atoms with Crippen molar-refractivity contribution in [2.45, 2.75) is 38.0 Å². The molecule has 3 atom stereocenters. The average molecular weight is 315 g/mol. The number of ether oxygens (including phenoxy) is 1. The van der Waals surface area contributed by atoms with Crippen LogP contribution in [-0.2, 0) is 18.3 Å². The van der Waals surface area contributed by atoms with Crippen LogP contribution in [0.25, 0.3) is 11.0 Å². The molecule has 0 bridgehead atoms. The Kier molecular flexibility index (Phi) is 4.09. The summed E-state index contributed by atoms with van der Waals surface area (Å²) in [6.45, 7) is 3.37. The van der Waals surface area contributed by atoms with Crippen molar-refractivity contribution < 1.29 is 9.84 Å². The average Bonchev–Trinajstić information content (AvgIpc) is 3.14. The SMILES string of the molecule is Cn1cnc2cc(CN3CCOC[C@@H]3[C@H]3CCC[C@H]3O)ccc21. The molecule has 2 aliphatic rings. The first-order valence-electron chi connectivity index (χ1n) is 8.62. The standard InChI is InChI=1S/C18H25N3O2/c1-20-12-19-15-9-13(5-6-16(15)20)10-21-7-8-23-11-17(21)14-3-2-4-18(14)22/h5-6,9,12,14,17-18,22H,2-4,7-8,10-11H2,1H3/t14-,17-,18-/m1/s1. The van der Waals surface area contributed by atoms with Gasteiger partial charge in [0.05, 0.1) is 36.7 Å². The summed E-state index contributed by atoms with van der Waals surface area (Å²) in [5.41, 5.74) is 3.50. The highest BCUT2D eigenvalue weighted by Crippen LogP contribution is 2.33. The van der Waals surface area contributed by atoms with Crippen LogP contribution in [0.3, 0.4) is 0 Å². The van der Waals surface area contributed by atoms with Crippen molar-refractivity contribution in [1.82, 2.24) is 14.5 Å². The molecule has 1 aromatic heterocycles. The van der Waals surface area contributed by atoms with Crippen molar-refractivity contribution in [3.05, 3.63) is 30.1 Å². The Labute approximate surface area is 136 Å². The van der Waals surface area contributed by atoms with Gasteiger partial charge < -0.3 is 14.4 Å². The molecular formula is C18H25N3O2. The molecule has 1 saturated carbocycles. The van der Waals surface area contributed by atoms with Crippen LogP contribution in [0.15, 0.2) is 24.5 Å². The summed E-state index contributed by atoms with van der Waals surface area (Å²) >= 11 is 0. The summed E-state index contributed by atoms with van der Waals surface area (Å²) in [4.78, 5) is 6.95. The van der Waals surface area contributed by atoms with Crippen LogP contribution in [0, 0.1) is 5.92 Å². The maximum atomic E-state index is 10.3. The van der Waals surface area contributed by atoms with Crippen LogP contribution in [0.5, 0.6) is 0 Å². The van der Waals surface area contributed by atoms with Crippen LogP contribution in [0.4, 0.5) is 0 Å². The van der Waals surface area contributed by atoms with Crippen LogP contribution < -0.4 is 0 Å². The Bertz CT molecular complexity index is 684. The maximum Gasteiger partial charge on any atom is 0.0955 e. The fourth-order valence-corrected chi connectivity index (χ4v) is 4.18. The number of morpholine rings is 1. The van der Waals surface area contributed by atoms with Crippen LogP contribution in [0.1, 0.15) is 24.8 Å². The number of nitrogens with zero attached hydrogens (tertiary/aromatic N) is 3. The molecule has 1 aliphatic carbocycles. The topological polar surface area (TPSA) is 50.5 Å². The van der Waals surface area contributed by atoms with Gasteiger partial charge in [-0.2, -0.15) is 0 Å². The minimum atomic E-state index is -0.164. The lowest BCUT2D eigenvalue weighted by atomic mass is 9.94. The van der Waals surface area contributed by atoms with E-state index in [2.05, 4.69) is 28.1 Å². The van der Waals surface area contributed by atoms with E-state index in [1.807, 2.05) is 17.9 Å². The van der Waals surface area contributed by atoms with E-state index in [0.717, 1.165) is 51.1 Å². The third kappa shape index (κ3) is 2.89. The second-order valence-corrected chi connectivity index (χ2v) is 6.95. The summed E-state index contributed by atoms with van der Waals surface area (Å²) in [6.07, 6.45) is 4.89. The number of rotatable bonds is 3. The van der Waals surface area contributed by atoms with Gasteiger partial charge in [-0.1, -0.05) is 12.5 Å². The number of imidazole rings is 1. The van der Waals surface area contributed by atoms with Gasteiger partial charge in [-0.3, -0.25) is 4.90 Å². The number of aryl methyl sites for hydroxylation is 1. The highest BCUT2D eigenvalue weighted by molar-refractivity contribution is 5.75. The second-order valence-electron chi connectivity index (χ2n) is 6.95. The number of hydrogen-bond donors (Lipinski definition) is 1. The lowest BCUT2D eigenvalue weighted by molar-refractivity contribution is -0.0536. The molecule has 0 amide bonds. The van der Waals surface area contributed by atoms with E-state index in [0.29, 0.717) is 12.0 Å². The minimum absolute atomic E-state index is 0.164. The van der Waals surface area contributed by atoms with Gasteiger partial charge in [-0.25, -0.2) is 4.98 Å². The van der Waals surface area contributed by atoms with Crippen molar-refractivity contribution in [2.24, 2.45) is 13.0 Å². The number of aromatic nitrogens is 2. The molecule has 23 heavy (non-hydrogen) atoms. The van der Waals surface area contributed by atoms with Crippen LogP contribution in [-0.4, -0.2) is 51.5 Å². The first kappa shape index (κ1) is 15.1. The van der Waals surface area contributed by atoms with Gasteiger partial charge >= 0.3 is 0 Å². The number of aliphatic hydroxyl groups excluding tert-OH is 1. The maximum absolute atomic E-state index is 10.3. The molecule has 1 aliphatic heterocycles. The number of hydrogen-bond acceptors (Lipinski definition) is 4. The lowest BCUT2D eigenvalue weighted by Crippen LogP contribution is -2.50. The molecule has 0 unspecified atom stereocenters. The fraction of sp³-hybridized carbons (Fsp3) is 0.611. The molecule has 124 valence electrons. The summed E-state index contributed by atoms with van der Waals surface area (Å²) in [5, 5.41) is 10.3. The number of benzene rings is 1. The third-order valence-electron chi connectivity index (χ3n) is 5.48. The van der Waals surface area contributed by atoms with Gasteiger partial charge in [0.2, 0.25) is 0 Å². The largest absolute Gasteiger partial charge is 0.393 e. The molecule has 0 spiro atoms. The second kappa shape index (κ2) is 6.23. The Hall–Kier alpha value is -1.43. The molecule has 2 fully saturated rings. The zero-order valence-electron chi connectivity index (χ0n) is 13.7. The zero-order chi connectivity index (χ0) is 15.8. The molecule has 4 rings (SSSR count). The molecule has 0 radical (unpaired) electrons. The van der Waals surface area contributed by atoms with Gasteiger partial charge in [0.15, 0.2) is 0 Å². The monoisotopic (exact) mass is 315 g/mol. The summed E-state index contributed by atoms with van der Waals surface area (Å²) < 4.78 is 7.76. The summed E-state index contributed by atoms with van der Waals surface area (Å²) in [5.74, 6) is 0.355. The Morgan fingerprint density at radius 3 is 3.09 bits per heavy atom. The van der Waals surface area contributed by atoms with Crippen molar-refractivity contribution in [3.63, 3.8) is 0 Å². The number of aliphatic hydroxyl groups is 1. The van der Waals surface area contributed by atoms with E-state index in [4.69, 9.17) is 4.74 Å². The van der Waals surface area contributed by atoms with Gasteiger partial charge in [0, 0.05) is 32.1 Å². The van der Waals surface area contributed by atoms with Crippen molar-refractivity contribution >= 4 is 11.0 Å². The molecule has 5 nitrogen and oxygen atoms in total.